The molecule has 2 aromatic heterocycles. The molecule has 0 spiro atoms. The van der Waals surface area contributed by atoms with Gasteiger partial charge in [0.25, 0.3) is 5.91 Å². The van der Waals surface area contributed by atoms with E-state index in [1.165, 1.54) is 17.4 Å². The molecule has 0 saturated carbocycles. The Morgan fingerprint density at radius 2 is 1.95 bits per heavy atom. The van der Waals surface area contributed by atoms with Crippen molar-refractivity contribution in [2.75, 3.05) is 5.32 Å². The molecule has 2 heterocycles. The Bertz CT molecular complexity index is 827. The molecule has 0 unspecified atom stereocenters. The number of benzene rings is 1. The zero-order valence-corrected chi connectivity index (χ0v) is 11.7. The highest BCUT2D eigenvalue weighted by Crippen LogP contribution is 2.28. The number of nitrogens with zero attached hydrogens (tertiary/aromatic N) is 2. The van der Waals surface area contributed by atoms with Gasteiger partial charge in [0, 0.05) is 5.56 Å². The van der Waals surface area contributed by atoms with Crippen LogP contribution in [0, 0.1) is 0 Å². The van der Waals surface area contributed by atoms with Gasteiger partial charge in [0.05, 0.1) is 27.6 Å². The topological polar surface area (TPSA) is 54.9 Å². The molecule has 3 rings (SSSR count). The fraction of sp³-hybridized carbons (Fsp3) is 0.0714. The number of thiazole rings is 1. The van der Waals surface area contributed by atoms with Gasteiger partial charge in [-0.15, -0.1) is 11.3 Å². The Morgan fingerprint density at radius 1 is 1.14 bits per heavy atom. The summed E-state index contributed by atoms with van der Waals surface area (Å²) in [6.45, 7) is 0. The lowest BCUT2D eigenvalue weighted by atomic mass is 10.2. The molecule has 1 aromatic carbocycles. The molecule has 0 aliphatic carbocycles. The Kier molecular flexibility index (Phi) is 3.53. The molecule has 1 N–H and O–H groups in total. The van der Waals surface area contributed by atoms with Crippen molar-refractivity contribution in [1.82, 2.24) is 9.97 Å². The highest BCUT2D eigenvalue weighted by molar-refractivity contribution is 7.16. The second-order valence-electron chi connectivity index (χ2n) is 4.42. The van der Waals surface area contributed by atoms with E-state index < -0.39 is 17.8 Å². The second kappa shape index (κ2) is 5.38. The van der Waals surface area contributed by atoms with Crippen molar-refractivity contribution >= 4 is 33.1 Å². The van der Waals surface area contributed by atoms with Crippen molar-refractivity contribution in [2.24, 2.45) is 0 Å². The van der Waals surface area contributed by atoms with Gasteiger partial charge in [0.1, 0.15) is 5.69 Å². The van der Waals surface area contributed by atoms with Crippen LogP contribution in [-0.4, -0.2) is 15.9 Å². The number of alkyl halides is 3. The monoisotopic (exact) mass is 323 g/mol. The van der Waals surface area contributed by atoms with E-state index in [4.69, 9.17) is 0 Å². The quantitative estimate of drug-likeness (QED) is 0.776. The van der Waals surface area contributed by atoms with Crippen molar-refractivity contribution in [2.45, 2.75) is 6.18 Å². The summed E-state index contributed by atoms with van der Waals surface area (Å²) in [6.07, 6.45) is -3.52. The van der Waals surface area contributed by atoms with E-state index in [-0.39, 0.29) is 5.69 Å². The SMILES string of the molecule is O=C(Nc1ccc(C(F)(F)F)nc1)c1ccc2ncsc2c1. The zero-order chi connectivity index (χ0) is 15.7. The number of amides is 1. The number of pyridine rings is 1. The Labute approximate surface area is 126 Å². The van der Waals surface area contributed by atoms with E-state index in [0.717, 1.165) is 22.5 Å². The van der Waals surface area contributed by atoms with E-state index in [1.807, 2.05) is 0 Å². The van der Waals surface area contributed by atoms with Crippen LogP contribution in [0.1, 0.15) is 16.1 Å². The van der Waals surface area contributed by atoms with Gasteiger partial charge < -0.3 is 5.32 Å². The van der Waals surface area contributed by atoms with Crippen LogP contribution in [0.15, 0.2) is 42.0 Å². The molecule has 0 fully saturated rings. The first-order valence-electron chi connectivity index (χ1n) is 6.11. The number of aromatic nitrogens is 2. The van der Waals surface area contributed by atoms with Gasteiger partial charge in [-0.25, -0.2) is 9.97 Å². The van der Waals surface area contributed by atoms with E-state index in [9.17, 15) is 18.0 Å². The molecule has 112 valence electrons. The van der Waals surface area contributed by atoms with Crippen molar-refractivity contribution in [3.05, 3.63) is 53.3 Å². The van der Waals surface area contributed by atoms with Crippen LogP contribution in [0.25, 0.3) is 10.2 Å². The molecule has 0 saturated heterocycles. The second-order valence-corrected chi connectivity index (χ2v) is 5.31. The summed E-state index contributed by atoms with van der Waals surface area (Å²) >= 11 is 1.40. The molecule has 8 heteroatoms. The molecule has 0 aliphatic heterocycles. The first-order chi connectivity index (χ1) is 10.4. The van der Waals surface area contributed by atoms with Crippen LogP contribution >= 0.6 is 11.3 Å². The summed E-state index contributed by atoms with van der Waals surface area (Å²) in [4.78, 5) is 19.5. The van der Waals surface area contributed by atoms with Gasteiger partial charge in [0.2, 0.25) is 0 Å². The predicted octanol–water partition coefficient (Wildman–Crippen LogP) is 3.96. The third-order valence-electron chi connectivity index (χ3n) is 2.91. The molecule has 3 aromatic rings. The maximum Gasteiger partial charge on any atom is 0.433 e. The van der Waals surface area contributed by atoms with Crippen molar-refractivity contribution < 1.29 is 18.0 Å². The molecule has 1 amide bonds. The van der Waals surface area contributed by atoms with Gasteiger partial charge in [0.15, 0.2) is 0 Å². The number of nitrogens with one attached hydrogen (secondary N) is 1. The first kappa shape index (κ1) is 14.5. The molecule has 22 heavy (non-hydrogen) atoms. The molecule has 0 radical (unpaired) electrons. The van der Waals surface area contributed by atoms with Crippen molar-refractivity contribution in [1.29, 1.82) is 0 Å². The lowest BCUT2D eigenvalue weighted by Gasteiger charge is -2.08. The molecular formula is C14H8F3N3OS. The maximum atomic E-state index is 12.4. The number of fused-ring (bicyclic) bond motifs is 1. The average molecular weight is 323 g/mol. The summed E-state index contributed by atoms with van der Waals surface area (Å²) < 4.78 is 38.1. The summed E-state index contributed by atoms with van der Waals surface area (Å²) in [5, 5.41) is 2.51. The molecular weight excluding hydrogens is 315 g/mol. The van der Waals surface area contributed by atoms with Gasteiger partial charge in [-0.3, -0.25) is 4.79 Å². The lowest BCUT2D eigenvalue weighted by molar-refractivity contribution is -0.141. The smallest absolute Gasteiger partial charge is 0.321 e. The van der Waals surface area contributed by atoms with Gasteiger partial charge >= 0.3 is 6.18 Å². The van der Waals surface area contributed by atoms with E-state index >= 15 is 0 Å². The molecule has 0 aliphatic rings. The molecule has 4 nitrogen and oxygen atoms in total. The van der Waals surface area contributed by atoms with Gasteiger partial charge in [-0.1, -0.05) is 0 Å². The fourth-order valence-corrected chi connectivity index (χ4v) is 2.55. The third kappa shape index (κ3) is 2.91. The van der Waals surface area contributed by atoms with Crippen LogP contribution in [0.2, 0.25) is 0 Å². The van der Waals surface area contributed by atoms with Crippen molar-refractivity contribution in [3.8, 4) is 0 Å². The summed E-state index contributed by atoms with van der Waals surface area (Å²) in [7, 11) is 0. The van der Waals surface area contributed by atoms with E-state index in [0.29, 0.717) is 5.56 Å². The van der Waals surface area contributed by atoms with Crippen LogP contribution in [0.5, 0.6) is 0 Å². The highest BCUT2D eigenvalue weighted by atomic mass is 32.1. The van der Waals surface area contributed by atoms with Crippen LogP contribution in [0.4, 0.5) is 18.9 Å². The maximum absolute atomic E-state index is 12.4. The van der Waals surface area contributed by atoms with E-state index in [1.54, 1.807) is 23.7 Å². The number of halogens is 3. The number of rotatable bonds is 2. The number of carbonyl (C=O) groups is 1. The normalized spacial score (nSPS) is 11.6. The summed E-state index contributed by atoms with van der Waals surface area (Å²) in [5.41, 5.74) is 2.06. The number of anilines is 1. The average Bonchev–Trinajstić information content (AvgIpc) is 2.94. The Balaban J connectivity index is 1.78. The van der Waals surface area contributed by atoms with Gasteiger partial charge in [-0.2, -0.15) is 13.2 Å². The Morgan fingerprint density at radius 3 is 2.64 bits per heavy atom. The molecule has 0 atom stereocenters. The minimum absolute atomic E-state index is 0.197. The summed E-state index contributed by atoms with van der Waals surface area (Å²) in [5.74, 6) is -0.420. The van der Waals surface area contributed by atoms with Crippen LogP contribution in [-0.2, 0) is 6.18 Å². The van der Waals surface area contributed by atoms with E-state index in [2.05, 4.69) is 15.3 Å². The third-order valence-corrected chi connectivity index (χ3v) is 3.70. The van der Waals surface area contributed by atoms with Crippen molar-refractivity contribution in [3.63, 3.8) is 0 Å². The first-order valence-corrected chi connectivity index (χ1v) is 6.99. The number of carbonyl (C=O) groups excluding carboxylic acids is 1. The highest BCUT2D eigenvalue weighted by Gasteiger charge is 2.32. The van der Waals surface area contributed by atoms with Gasteiger partial charge in [-0.05, 0) is 30.3 Å². The standard InChI is InChI=1S/C14H8F3N3OS/c15-14(16,17)12-4-2-9(6-18-12)20-13(21)8-1-3-10-11(5-8)22-7-19-10/h1-7H,(H,20,21). The fourth-order valence-electron chi connectivity index (χ4n) is 1.84. The minimum Gasteiger partial charge on any atom is -0.321 e. The van der Waals surface area contributed by atoms with Crippen LogP contribution < -0.4 is 5.32 Å². The number of hydrogen-bond donors (Lipinski definition) is 1. The molecule has 0 bridgehead atoms. The van der Waals surface area contributed by atoms with Crippen LogP contribution in [0.3, 0.4) is 0 Å². The predicted molar refractivity (Wildman–Crippen MR) is 76.8 cm³/mol. The lowest BCUT2D eigenvalue weighted by Crippen LogP contribution is -2.13. The zero-order valence-electron chi connectivity index (χ0n) is 10.9. The largest absolute Gasteiger partial charge is 0.433 e. The minimum atomic E-state index is -4.50. The number of hydrogen-bond acceptors (Lipinski definition) is 4. The Hall–Kier alpha value is -2.48. The summed E-state index contributed by atoms with van der Waals surface area (Å²) in [6, 6.07) is 6.99.